The van der Waals surface area contributed by atoms with Crippen LogP contribution in [0.2, 0.25) is 0 Å². The minimum atomic E-state index is -0.201. The number of carbonyl (C=O) groups excluding carboxylic acids is 1. The zero-order valence-corrected chi connectivity index (χ0v) is 13.7. The van der Waals surface area contributed by atoms with Gasteiger partial charge in [0.05, 0.1) is 6.61 Å². The number of hydrogen-bond donors (Lipinski definition) is 1. The predicted molar refractivity (Wildman–Crippen MR) is 82.8 cm³/mol. The molecule has 118 valence electrons. The molecule has 1 saturated heterocycles. The minimum absolute atomic E-state index is 0.113. The average molecular weight is 284 g/mol. The van der Waals surface area contributed by atoms with Crippen molar-refractivity contribution in [3.05, 3.63) is 0 Å². The number of likely N-dealkylation sites (tertiary alicyclic amines) is 1. The van der Waals surface area contributed by atoms with Gasteiger partial charge in [0.25, 0.3) is 0 Å². The summed E-state index contributed by atoms with van der Waals surface area (Å²) >= 11 is 0. The normalized spacial score (nSPS) is 22.6. The zero-order chi connectivity index (χ0) is 15.0. The van der Waals surface area contributed by atoms with E-state index in [0.717, 1.165) is 25.6 Å². The molecule has 20 heavy (non-hydrogen) atoms. The molecule has 0 aromatic rings. The molecule has 0 aromatic heterocycles. The average Bonchev–Trinajstić information content (AvgIpc) is 2.63. The summed E-state index contributed by atoms with van der Waals surface area (Å²) < 4.78 is 5.19. The van der Waals surface area contributed by atoms with Crippen LogP contribution in [-0.2, 0) is 9.53 Å². The van der Waals surface area contributed by atoms with Crippen molar-refractivity contribution in [2.24, 2.45) is 5.92 Å². The molecule has 0 radical (unpaired) electrons. The maximum Gasteiger partial charge on any atom is 0.324 e. The lowest BCUT2D eigenvalue weighted by molar-refractivity contribution is -0.146. The number of esters is 1. The Morgan fingerprint density at radius 2 is 2.05 bits per heavy atom. The van der Waals surface area contributed by atoms with Gasteiger partial charge in [-0.2, -0.15) is 0 Å². The van der Waals surface area contributed by atoms with Crippen molar-refractivity contribution in [2.45, 2.75) is 65.5 Å². The van der Waals surface area contributed by atoms with E-state index in [0.29, 0.717) is 12.6 Å². The molecule has 1 aliphatic rings. The van der Waals surface area contributed by atoms with Crippen LogP contribution in [0, 0.1) is 5.92 Å². The lowest BCUT2D eigenvalue weighted by atomic mass is 9.98. The van der Waals surface area contributed by atoms with E-state index >= 15 is 0 Å². The molecule has 1 rings (SSSR count). The number of nitrogens with one attached hydrogen (secondary N) is 1. The summed E-state index contributed by atoms with van der Waals surface area (Å²) in [6.07, 6.45) is 5.11. The molecule has 0 saturated carbocycles. The molecule has 1 fully saturated rings. The third-order valence-corrected chi connectivity index (χ3v) is 4.06. The predicted octanol–water partition coefficient (Wildman–Crippen LogP) is 2.43. The molecule has 0 aromatic carbocycles. The molecular weight excluding hydrogens is 252 g/mol. The number of hydrogen-bond acceptors (Lipinski definition) is 4. The van der Waals surface area contributed by atoms with E-state index in [2.05, 4.69) is 31.0 Å². The number of rotatable bonds is 7. The van der Waals surface area contributed by atoms with Gasteiger partial charge in [-0.25, -0.2) is 0 Å². The first-order valence-electron chi connectivity index (χ1n) is 8.21. The van der Waals surface area contributed by atoms with E-state index in [1.54, 1.807) is 0 Å². The summed E-state index contributed by atoms with van der Waals surface area (Å²) in [6.45, 7) is 11.7. The van der Waals surface area contributed by atoms with Gasteiger partial charge in [0.2, 0.25) is 0 Å². The third kappa shape index (κ3) is 6.23. The summed E-state index contributed by atoms with van der Waals surface area (Å²) in [5.74, 6) is 0.747. The van der Waals surface area contributed by atoms with Gasteiger partial charge in [0.1, 0.15) is 6.04 Å². The van der Waals surface area contributed by atoms with Crippen LogP contribution in [0.15, 0.2) is 0 Å². The lowest BCUT2D eigenvalue weighted by Crippen LogP contribution is -2.49. The minimum Gasteiger partial charge on any atom is -0.465 e. The monoisotopic (exact) mass is 284 g/mol. The van der Waals surface area contributed by atoms with Crippen LogP contribution in [0.5, 0.6) is 0 Å². The third-order valence-electron chi connectivity index (χ3n) is 4.06. The van der Waals surface area contributed by atoms with Crippen LogP contribution in [-0.4, -0.2) is 49.2 Å². The van der Waals surface area contributed by atoms with Gasteiger partial charge in [0.15, 0.2) is 0 Å². The van der Waals surface area contributed by atoms with Crippen molar-refractivity contribution in [1.29, 1.82) is 0 Å². The van der Waals surface area contributed by atoms with Crippen molar-refractivity contribution in [3.63, 3.8) is 0 Å². The van der Waals surface area contributed by atoms with Gasteiger partial charge in [0, 0.05) is 12.6 Å². The van der Waals surface area contributed by atoms with E-state index in [1.165, 1.54) is 25.7 Å². The molecule has 4 heteroatoms. The number of nitrogens with zero attached hydrogens (tertiary/aromatic N) is 1. The Hall–Kier alpha value is -0.610. The maximum absolute atomic E-state index is 12.0. The Morgan fingerprint density at radius 1 is 1.30 bits per heavy atom. The summed E-state index contributed by atoms with van der Waals surface area (Å²) in [4.78, 5) is 14.5. The summed E-state index contributed by atoms with van der Waals surface area (Å²) in [7, 11) is 0. The van der Waals surface area contributed by atoms with E-state index in [-0.39, 0.29) is 12.0 Å². The number of ether oxygens (including phenoxy) is 1. The molecule has 2 unspecified atom stereocenters. The highest BCUT2D eigenvalue weighted by Crippen LogP contribution is 2.20. The maximum atomic E-state index is 12.0. The van der Waals surface area contributed by atoms with Crippen LogP contribution < -0.4 is 5.32 Å². The number of carbonyl (C=O) groups is 1. The largest absolute Gasteiger partial charge is 0.465 e. The zero-order valence-electron chi connectivity index (χ0n) is 13.7. The van der Waals surface area contributed by atoms with Crippen LogP contribution in [0.25, 0.3) is 0 Å². The highest BCUT2D eigenvalue weighted by molar-refractivity contribution is 5.76. The van der Waals surface area contributed by atoms with Crippen molar-refractivity contribution in [1.82, 2.24) is 10.2 Å². The summed E-state index contributed by atoms with van der Waals surface area (Å²) in [6, 6.07) is 0.0906. The van der Waals surface area contributed by atoms with Crippen molar-refractivity contribution >= 4 is 5.97 Å². The topological polar surface area (TPSA) is 41.6 Å². The summed E-state index contributed by atoms with van der Waals surface area (Å²) in [5.41, 5.74) is 0. The molecule has 1 heterocycles. The van der Waals surface area contributed by atoms with Gasteiger partial charge in [-0.05, 0) is 45.2 Å². The van der Waals surface area contributed by atoms with Crippen molar-refractivity contribution in [2.75, 3.05) is 26.2 Å². The lowest BCUT2D eigenvalue weighted by Gasteiger charge is -2.27. The van der Waals surface area contributed by atoms with Gasteiger partial charge >= 0.3 is 5.97 Å². The van der Waals surface area contributed by atoms with E-state index in [9.17, 15) is 4.79 Å². The quantitative estimate of drug-likeness (QED) is 0.729. The van der Waals surface area contributed by atoms with Gasteiger partial charge in [-0.1, -0.05) is 27.2 Å². The SMILES string of the molecule is CCOC(=O)C(CN1CCCC(CC)CC1)NC(C)C. The first kappa shape index (κ1) is 17.4. The molecule has 4 nitrogen and oxygen atoms in total. The van der Waals surface area contributed by atoms with Crippen molar-refractivity contribution in [3.8, 4) is 0 Å². The van der Waals surface area contributed by atoms with Gasteiger partial charge in [-0.3, -0.25) is 4.79 Å². The Labute approximate surface area is 124 Å². The fourth-order valence-electron chi connectivity index (χ4n) is 2.91. The molecule has 2 atom stereocenters. The molecule has 0 amide bonds. The smallest absolute Gasteiger partial charge is 0.324 e. The second-order valence-electron chi connectivity index (χ2n) is 6.13. The van der Waals surface area contributed by atoms with Crippen LogP contribution in [0.4, 0.5) is 0 Å². The first-order chi connectivity index (χ1) is 9.56. The fraction of sp³-hybridized carbons (Fsp3) is 0.938. The highest BCUT2D eigenvalue weighted by atomic mass is 16.5. The molecule has 0 spiro atoms. The Morgan fingerprint density at radius 3 is 2.65 bits per heavy atom. The highest BCUT2D eigenvalue weighted by Gasteiger charge is 2.25. The fourth-order valence-corrected chi connectivity index (χ4v) is 2.91. The standard InChI is InChI=1S/C16H32N2O2/c1-5-14-8-7-10-18(11-9-14)12-15(17-13(3)4)16(19)20-6-2/h13-15,17H,5-12H2,1-4H3. The first-order valence-corrected chi connectivity index (χ1v) is 8.21. The van der Waals surface area contributed by atoms with Gasteiger partial charge in [-0.15, -0.1) is 0 Å². The molecule has 0 aliphatic carbocycles. The van der Waals surface area contributed by atoms with Crippen LogP contribution in [0.3, 0.4) is 0 Å². The molecule has 1 aliphatic heterocycles. The van der Waals surface area contributed by atoms with E-state index < -0.39 is 0 Å². The van der Waals surface area contributed by atoms with E-state index in [1.807, 2.05) is 6.92 Å². The summed E-state index contributed by atoms with van der Waals surface area (Å²) in [5, 5.41) is 3.34. The second kappa shape index (κ2) is 9.35. The van der Waals surface area contributed by atoms with Crippen LogP contribution in [0.1, 0.15) is 53.4 Å². The Kier molecular flexibility index (Phi) is 8.15. The van der Waals surface area contributed by atoms with Gasteiger partial charge < -0.3 is 15.0 Å². The van der Waals surface area contributed by atoms with Crippen molar-refractivity contribution < 1.29 is 9.53 Å². The van der Waals surface area contributed by atoms with Crippen LogP contribution >= 0.6 is 0 Å². The Balaban J connectivity index is 2.52. The van der Waals surface area contributed by atoms with E-state index in [4.69, 9.17) is 4.74 Å². The Bertz CT molecular complexity index is 282. The molecule has 0 bridgehead atoms. The molecular formula is C16H32N2O2. The molecule has 1 N–H and O–H groups in total. The second-order valence-corrected chi connectivity index (χ2v) is 6.13.